The average molecular weight is 473 g/mol. The van der Waals surface area contributed by atoms with Crippen molar-refractivity contribution < 1.29 is 9.26 Å². The third-order valence-corrected chi connectivity index (χ3v) is 5.77. The molecule has 7 nitrogen and oxygen atoms in total. The molecule has 0 aliphatic heterocycles. The van der Waals surface area contributed by atoms with Gasteiger partial charge in [0, 0.05) is 16.6 Å². The minimum Gasteiger partial charge on any atom is -0.497 e. The van der Waals surface area contributed by atoms with E-state index in [-0.39, 0.29) is 5.56 Å². The lowest BCUT2D eigenvalue weighted by molar-refractivity contribution is 0.391. The van der Waals surface area contributed by atoms with Crippen molar-refractivity contribution in [1.82, 2.24) is 19.7 Å². The van der Waals surface area contributed by atoms with Gasteiger partial charge in [0.1, 0.15) is 5.75 Å². The van der Waals surface area contributed by atoms with E-state index in [9.17, 15) is 4.79 Å². The number of nitrogens with zero attached hydrogens (tertiary/aromatic N) is 4. The summed E-state index contributed by atoms with van der Waals surface area (Å²) >= 11 is 4.80. The lowest BCUT2D eigenvalue weighted by atomic mass is 10.2. The van der Waals surface area contributed by atoms with E-state index in [1.54, 1.807) is 17.7 Å². The number of aromatic nitrogens is 4. The second-order valence-electron chi connectivity index (χ2n) is 6.14. The first-order chi connectivity index (χ1) is 14.1. The topological polar surface area (TPSA) is 83.0 Å². The van der Waals surface area contributed by atoms with Gasteiger partial charge < -0.3 is 9.26 Å². The molecule has 0 unspecified atom stereocenters. The highest BCUT2D eigenvalue weighted by Crippen LogP contribution is 2.25. The van der Waals surface area contributed by atoms with Gasteiger partial charge in [-0.2, -0.15) is 4.98 Å². The molecule has 0 saturated heterocycles. The maximum atomic E-state index is 12.8. The molecule has 2 aromatic heterocycles. The van der Waals surface area contributed by atoms with Crippen molar-refractivity contribution in [2.24, 2.45) is 0 Å². The van der Waals surface area contributed by atoms with Crippen LogP contribution in [0.1, 0.15) is 12.8 Å². The Morgan fingerprint density at radius 3 is 2.86 bits per heavy atom. The van der Waals surface area contributed by atoms with Crippen molar-refractivity contribution >= 4 is 38.6 Å². The lowest BCUT2D eigenvalue weighted by Gasteiger charge is -2.10. The van der Waals surface area contributed by atoms with E-state index in [0.29, 0.717) is 40.1 Å². The second kappa shape index (κ2) is 8.38. The van der Waals surface area contributed by atoms with Crippen LogP contribution in [0, 0.1) is 0 Å². The Morgan fingerprint density at radius 1 is 1.21 bits per heavy atom. The van der Waals surface area contributed by atoms with Gasteiger partial charge in [-0.1, -0.05) is 45.0 Å². The standard InChI is InChI=1S/C20H17BrN4O3S/c1-3-25-19(26)15-10-13(21)7-8-16(15)22-20(25)29-11-17-23-18(24-28-17)12-5-4-6-14(9-12)27-2/h4-10H,3,11H2,1-2H3. The molecule has 0 bridgehead atoms. The minimum absolute atomic E-state index is 0.0658. The zero-order valence-electron chi connectivity index (χ0n) is 15.8. The Morgan fingerprint density at radius 2 is 2.07 bits per heavy atom. The number of hydrogen-bond acceptors (Lipinski definition) is 7. The fourth-order valence-corrected chi connectivity index (χ4v) is 4.14. The van der Waals surface area contributed by atoms with Crippen LogP contribution in [0.5, 0.6) is 5.75 Å². The Labute approximate surface area is 179 Å². The van der Waals surface area contributed by atoms with Crippen molar-refractivity contribution in [2.75, 3.05) is 7.11 Å². The Kier molecular flexibility index (Phi) is 5.68. The summed E-state index contributed by atoms with van der Waals surface area (Å²) in [6, 6.07) is 13.0. The Bertz CT molecular complexity index is 1240. The summed E-state index contributed by atoms with van der Waals surface area (Å²) in [5, 5.41) is 5.25. The van der Waals surface area contributed by atoms with Gasteiger partial charge in [0.25, 0.3) is 5.56 Å². The molecule has 4 aromatic rings. The quantitative estimate of drug-likeness (QED) is 0.301. The number of benzene rings is 2. The first-order valence-electron chi connectivity index (χ1n) is 8.89. The molecule has 2 heterocycles. The molecule has 0 fully saturated rings. The predicted molar refractivity (Wildman–Crippen MR) is 115 cm³/mol. The van der Waals surface area contributed by atoms with Gasteiger partial charge in [-0.15, -0.1) is 0 Å². The van der Waals surface area contributed by atoms with E-state index in [2.05, 4.69) is 31.1 Å². The monoisotopic (exact) mass is 472 g/mol. The zero-order valence-corrected chi connectivity index (χ0v) is 18.2. The summed E-state index contributed by atoms with van der Waals surface area (Å²) in [4.78, 5) is 21.9. The number of ether oxygens (including phenoxy) is 1. The van der Waals surface area contributed by atoms with Crippen molar-refractivity contribution in [3.63, 3.8) is 0 Å². The van der Waals surface area contributed by atoms with E-state index >= 15 is 0 Å². The predicted octanol–water partition coefficient (Wildman–Crippen LogP) is 4.53. The highest BCUT2D eigenvalue weighted by atomic mass is 79.9. The zero-order chi connectivity index (χ0) is 20.4. The summed E-state index contributed by atoms with van der Waals surface area (Å²) in [6.07, 6.45) is 0. The van der Waals surface area contributed by atoms with Gasteiger partial charge in [0.05, 0.1) is 23.8 Å². The molecule has 0 atom stereocenters. The molecule has 148 valence electrons. The molecular weight excluding hydrogens is 456 g/mol. The maximum Gasteiger partial charge on any atom is 0.262 e. The van der Waals surface area contributed by atoms with Crippen LogP contribution in [-0.2, 0) is 12.3 Å². The number of fused-ring (bicyclic) bond motifs is 1. The van der Waals surface area contributed by atoms with Gasteiger partial charge >= 0.3 is 0 Å². The first-order valence-corrected chi connectivity index (χ1v) is 10.7. The summed E-state index contributed by atoms with van der Waals surface area (Å²) in [5.74, 6) is 2.08. The van der Waals surface area contributed by atoms with Crippen LogP contribution in [0.25, 0.3) is 22.3 Å². The molecule has 0 amide bonds. The van der Waals surface area contributed by atoms with Crippen LogP contribution >= 0.6 is 27.7 Å². The number of methoxy groups -OCH3 is 1. The van der Waals surface area contributed by atoms with Crippen LogP contribution in [0.15, 0.2) is 61.4 Å². The highest BCUT2D eigenvalue weighted by Gasteiger charge is 2.14. The van der Waals surface area contributed by atoms with E-state index in [1.807, 2.05) is 43.3 Å². The van der Waals surface area contributed by atoms with Crippen molar-refractivity contribution in [2.45, 2.75) is 24.4 Å². The lowest BCUT2D eigenvalue weighted by Crippen LogP contribution is -2.22. The first kappa shape index (κ1) is 19.7. The van der Waals surface area contributed by atoms with Gasteiger partial charge in [-0.25, -0.2) is 4.98 Å². The molecule has 9 heteroatoms. The van der Waals surface area contributed by atoms with E-state index in [1.165, 1.54) is 11.8 Å². The molecule has 0 aliphatic rings. The Hall–Kier alpha value is -2.65. The normalized spacial score (nSPS) is 11.1. The van der Waals surface area contributed by atoms with Crippen LogP contribution in [0.3, 0.4) is 0 Å². The summed E-state index contributed by atoms with van der Waals surface area (Å²) < 4.78 is 13.1. The van der Waals surface area contributed by atoms with Gasteiger partial charge in [0.2, 0.25) is 11.7 Å². The number of halogens is 1. The molecule has 0 aliphatic carbocycles. The molecule has 4 rings (SSSR count). The average Bonchev–Trinajstić information content (AvgIpc) is 3.22. The molecule has 2 aromatic carbocycles. The third-order valence-electron chi connectivity index (χ3n) is 4.32. The van der Waals surface area contributed by atoms with Gasteiger partial charge in [-0.3, -0.25) is 9.36 Å². The minimum atomic E-state index is -0.0658. The second-order valence-corrected chi connectivity index (χ2v) is 8.00. The molecule has 0 radical (unpaired) electrons. The van der Waals surface area contributed by atoms with Crippen LogP contribution in [0.2, 0.25) is 0 Å². The van der Waals surface area contributed by atoms with Crippen molar-refractivity contribution in [3.05, 3.63) is 63.2 Å². The van der Waals surface area contributed by atoms with E-state index in [0.717, 1.165) is 15.8 Å². The largest absolute Gasteiger partial charge is 0.497 e. The number of rotatable bonds is 6. The number of thioether (sulfide) groups is 1. The molecule has 29 heavy (non-hydrogen) atoms. The maximum absolute atomic E-state index is 12.8. The fourth-order valence-electron chi connectivity index (χ4n) is 2.88. The SMILES string of the molecule is CCn1c(SCc2nc(-c3cccc(OC)c3)no2)nc2ccc(Br)cc2c1=O. The number of hydrogen-bond donors (Lipinski definition) is 0. The summed E-state index contributed by atoms with van der Waals surface area (Å²) in [5.41, 5.74) is 1.40. The van der Waals surface area contributed by atoms with Gasteiger partial charge in [-0.05, 0) is 37.3 Å². The Balaban J connectivity index is 1.59. The highest BCUT2D eigenvalue weighted by molar-refractivity contribution is 9.10. The fraction of sp³-hybridized carbons (Fsp3) is 0.200. The van der Waals surface area contributed by atoms with Crippen LogP contribution in [0.4, 0.5) is 0 Å². The van der Waals surface area contributed by atoms with Crippen molar-refractivity contribution in [1.29, 1.82) is 0 Å². The van der Waals surface area contributed by atoms with Crippen molar-refractivity contribution in [3.8, 4) is 17.1 Å². The third kappa shape index (κ3) is 4.06. The molecule has 0 N–H and O–H groups in total. The van der Waals surface area contributed by atoms with Crippen LogP contribution < -0.4 is 10.3 Å². The molecule has 0 saturated carbocycles. The van der Waals surface area contributed by atoms with E-state index in [4.69, 9.17) is 9.26 Å². The summed E-state index contributed by atoms with van der Waals surface area (Å²) in [6.45, 7) is 2.44. The van der Waals surface area contributed by atoms with E-state index < -0.39 is 0 Å². The summed E-state index contributed by atoms with van der Waals surface area (Å²) in [7, 11) is 1.61. The smallest absolute Gasteiger partial charge is 0.262 e. The molecule has 0 spiro atoms. The van der Waals surface area contributed by atoms with Gasteiger partial charge in [0.15, 0.2) is 5.16 Å². The molecular formula is C20H17BrN4O3S. The van der Waals surface area contributed by atoms with Crippen LogP contribution in [-0.4, -0.2) is 26.8 Å².